The van der Waals surface area contributed by atoms with Gasteiger partial charge in [-0.25, -0.2) is 0 Å². The number of halogens is 1. The average Bonchev–Trinajstić information content (AvgIpc) is 2.06. The van der Waals surface area contributed by atoms with Crippen LogP contribution in [0, 0.1) is 0 Å². The first-order chi connectivity index (χ1) is 5.83. The van der Waals surface area contributed by atoms with Crippen molar-refractivity contribution >= 4 is 15.9 Å². The topological polar surface area (TPSA) is 18.5 Å². The SMILES string of the molecule is C[C@@H](CCBr)OC1CCCCO1. The molecule has 1 fully saturated rings. The molecule has 0 aromatic rings. The zero-order valence-corrected chi connectivity index (χ0v) is 9.18. The molecule has 0 bridgehead atoms. The van der Waals surface area contributed by atoms with Crippen molar-refractivity contribution in [2.24, 2.45) is 0 Å². The van der Waals surface area contributed by atoms with Crippen molar-refractivity contribution in [3.8, 4) is 0 Å². The van der Waals surface area contributed by atoms with Crippen molar-refractivity contribution in [3.05, 3.63) is 0 Å². The van der Waals surface area contributed by atoms with Gasteiger partial charge < -0.3 is 9.47 Å². The van der Waals surface area contributed by atoms with Gasteiger partial charge >= 0.3 is 0 Å². The highest BCUT2D eigenvalue weighted by molar-refractivity contribution is 9.09. The van der Waals surface area contributed by atoms with Gasteiger partial charge in [-0.2, -0.15) is 0 Å². The molecular weight excluding hydrogens is 220 g/mol. The summed E-state index contributed by atoms with van der Waals surface area (Å²) in [5, 5.41) is 1.00. The van der Waals surface area contributed by atoms with Crippen LogP contribution >= 0.6 is 15.9 Å². The van der Waals surface area contributed by atoms with E-state index in [0.29, 0.717) is 6.10 Å². The monoisotopic (exact) mass is 236 g/mol. The summed E-state index contributed by atoms with van der Waals surface area (Å²) in [6, 6.07) is 0. The van der Waals surface area contributed by atoms with E-state index in [-0.39, 0.29) is 6.29 Å². The minimum atomic E-state index is 0.0628. The van der Waals surface area contributed by atoms with E-state index in [2.05, 4.69) is 22.9 Å². The molecule has 0 N–H and O–H groups in total. The second-order valence-corrected chi connectivity index (χ2v) is 4.01. The van der Waals surface area contributed by atoms with Gasteiger partial charge in [-0.3, -0.25) is 0 Å². The molecule has 1 rings (SSSR count). The van der Waals surface area contributed by atoms with Crippen molar-refractivity contribution < 1.29 is 9.47 Å². The molecule has 0 amide bonds. The van der Waals surface area contributed by atoms with Gasteiger partial charge in [0.2, 0.25) is 0 Å². The third-order valence-electron chi connectivity index (χ3n) is 2.04. The summed E-state index contributed by atoms with van der Waals surface area (Å²) in [5.74, 6) is 0. The first kappa shape index (κ1) is 10.5. The molecule has 0 aliphatic carbocycles. The molecule has 0 spiro atoms. The normalized spacial score (nSPS) is 27.0. The Morgan fingerprint density at radius 1 is 1.58 bits per heavy atom. The second kappa shape index (κ2) is 5.95. The molecule has 2 nitrogen and oxygen atoms in total. The number of alkyl halides is 1. The lowest BCUT2D eigenvalue weighted by Gasteiger charge is -2.25. The maximum Gasteiger partial charge on any atom is 0.157 e. The van der Waals surface area contributed by atoms with E-state index < -0.39 is 0 Å². The van der Waals surface area contributed by atoms with Gasteiger partial charge in [-0.15, -0.1) is 0 Å². The molecule has 1 aliphatic rings. The lowest BCUT2D eigenvalue weighted by atomic mass is 10.2. The highest BCUT2D eigenvalue weighted by Gasteiger charge is 2.16. The Morgan fingerprint density at radius 3 is 3.00 bits per heavy atom. The van der Waals surface area contributed by atoms with Crippen LogP contribution in [0.2, 0.25) is 0 Å². The molecule has 1 saturated heterocycles. The van der Waals surface area contributed by atoms with Crippen LogP contribution < -0.4 is 0 Å². The van der Waals surface area contributed by atoms with E-state index in [9.17, 15) is 0 Å². The molecule has 3 heteroatoms. The van der Waals surface area contributed by atoms with Crippen LogP contribution in [0.1, 0.15) is 32.6 Å². The Morgan fingerprint density at radius 2 is 2.42 bits per heavy atom. The highest BCUT2D eigenvalue weighted by atomic mass is 79.9. The molecule has 72 valence electrons. The van der Waals surface area contributed by atoms with E-state index in [1.54, 1.807) is 0 Å². The number of hydrogen-bond donors (Lipinski definition) is 0. The van der Waals surface area contributed by atoms with Gasteiger partial charge in [0, 0.05) is 11.9 Å². The molecule has 1 aliphatic heterocycles. The Hall–Kier alpha value is 0.400. The van der Waals surface area contributed by atoms with Crippen LogP contribution in [-0.2, 0) is 9.47 Å². The summed E-state index contributed by atoms with van der Waals surface area (Å²) in [7, 11) is 0. The molecule has 1 unspecified atom stereocenters. The molecule has 0 radical (unpaired) electrons. The number of rotatable bonds is 4. The van der Waals surface area contributed by atoms with Crippen molar-refractivity contribution in [3.63, 3.8) is 0 Å². The fraction of sp³-hybridized carbons (Fsp3) is 1.00. The van der Waals surface area contributed by atoms with Crippen LogP contribution in [0.15, 0.2) is 0 Å². The lowest BCUT2D eigenvalue weighted by Crippen LogP contribution is -2.26. The van der Waals surface area contributed by atoms with Crippen LogP contribution in [-0.4, -0.2) is 24.3 Å². The van der Waals surface area contributed by atoms with Gasteiger partial charge in [0.1, 0.15) is 0 Å². The van der Waals surface area contributed by atoms with Gasteiger partial charge in [0.05, 0.1) is 6.10 Å². The molecule has 1 heterocycles. The maximum atomic E-state index is 5.68. The van der Waals surface area contributed by atoms with Crippen molar-refractivity contribution in [2.45, 2.75) is 45.0 Å². The fourth-order valence-corrected chi connectivity index (χ4v) is 1.94. The third-order valence-corrected chi connectivity index (χ3v) is 2.50. The number of hydrogen-bond acceptors (Lipinski definition) is 2. The van der Waals surface area contributed by atoms with E-state index >= 15 is 0 Å². The quantitative estimate of drug-likeness (QED) is 0.700. The average molecular weight is 237 g/mol. The lowest BCUT2D eigenvalue weighted by molar-refractivity contribution is -0.184. The van der Waals surface area contributed by atoms with E-state index in [4.69, 9.17) is 9.47 Å². The summed E-state index contributed by atoms with van der Waals surface area (Å²) in [6.07, 6.45) is 4.92. The predicted octanol–water partition coefficient (Wildman–Crippen LogP) is 2.70. The smallest absolute Gasteiger partial charge is 0.157 e. The van der Waals surface area contributed by atoms with Crippen LogP contribution in [0.3, 0.4) is 0 Å². The van der Waals surface area contributed by atoms with Crippen LogP contribution in [0.4, 0.5) is 0 Å². The first-order valence-electron chi connectivity index (χ1n) is 4.66. The molecule has 0 saturated carbocycles. The summed E-state index contributed by atoms with van der Waals surface area (Å²) in [4.78, 5) is 0. The van der Waals surface area contributed by atoms with E-state index in [1.165, 1.54) is 12.8 Å². The minimum Gasteiger partial charge on any atom is -0.353 e. The maximum absolute atomic E-state index is 5.68. The molecule has 0 aromatic carbocycles. The van der Waals surface area contributed by atoms with Crippen LogP contribution in [0.5, 0.6) is 0 Å². The van der Waals surface area contributed by atoms with Crippen molar-refractivity contribution in [1.29, 1.82) is 0 Å². The summed E-state index contributed by atoms with van der Waals surface area (Å²) >= 11 is 3.39. The standard InChI is InChI=1S/C9H17BrO2/c1-8(5-6-10)12-9-4-2-3-7-11-9/h8-9H,2-7H2,1H3/t8-,9?/m0/s1. The largest absolute Gasteiger partial charge is 0.353 e. The Kier molecular flexibility index (Phi) is 5.19. The third kappa shape index (κ3) is 3.87. The molecular formula is C9H17BrO2. The van der Waals surface area contributed by atoms with E-state index in [1.807, 2.05) is 0 Å². The van der Waals surface area contributed by atoms with Gasteiger partial charge in [-0.1, -0.05) is 15.9 Å². The molecule has 0 aromatic heterocycles. The predicted molar refractivity (Wildman–Crippen MR) is 52.5 cm³/mol. The van der Waals surface area contributed by atoms with Crippen LogP contribution in [0.25, 0.3) is 0 Å². The van der Waals surface area contributed by atoms with Crippen molar-refractivity contribution in [1.82, 2.24) is 0 Å². The number of ether oxygens (including phenoxy) is 2. The summed E-state index contributed by atoms with van der Waals surface area (Å²) in [5.41, 5.74) is 0. The minimum absolute atomic E-state index is 0.0628. The zero-order valence-electron chi connectivity index (χ0n) is 7.59. The van der Waals surface area contributed by atoms with Gasteiger partial charge in [-0.05, 0) is 32.6 Å². The summed E-state index contributed by atoms with van der Waals surface area (Å²) < 4.78 is 11.1. The van der Waals surface area contributed by atoms with Gasteiger partial charge in [0.25, 0.3) is 0 Å². The molecule has 2 atom stereocenters. The Balaban J connectivity index is 2.11. The van der Waals surface area contributed by atoms with E-state index in [0.717, 1.165) is 24.8 Å². The molecule has 12 heavy (non-hydrogen) atoms. The first-order valence-corrected chi connectivity index (χ1v) is 5.78. The van der Waals surface area contributed by atoms with Gasteiger partial charge in [0.15, 0.2) is 6.29 Å². The highest BCUT2D eigenvalue weighted by Crippen LogP contribution is 2.16. The zero-order chi connectivity index (χ0) is 8.81. The fourth-order valence-electron chi connectivity index (χ4n) is 1.30. The Bertz CT molecular complexity index is 113. The van der Waals surface area contributed by atoms with Crippen molar-refractivity contribution in [2.75, 3.05) is 11.9 Å². The summed E-state index contributed by atoms with van der Waals surface area (Å²) in [6.45, 7) is 2.96. The second-order valence-electron chi connectivity index (χ2n) is 3.22. The Labute approximate surface area is 82.7 Å².